The first-order chi connectivity index (χ1) is 20.1. The Labute approximate surface area is 235 Å². The lowest BCUT2D eigenvalue weighted by molar-refractivity contribution is -0.121. The molecule has 0 aliphatic rings. The van der Waals surface area contributed by atoms with Gasteiger partial charge in [0.25, 0.3) is 11.8 Å². The third-order valence-electron chi connectivity index (χ3n) is 6.41. The number of rotatable bonds is 6. The van der Waals surface area contributed by atoms with Gasteiger partial charge in [-0.05, 0) is 47.5 Å². The molecule has 0 bridgehead atoms. The van der Waals surface area contributed by atoms with Crippen molar-refractivity contribution in [3.05, 3.63) is 127 Å². The molecule has 0 radical (unpaired) electrons. The van der Waals surface area contributed by atoms with Crippen LogP contribution in [0.5, 0.6) is 0 Å². The number of aromatic nitrogens is 5. The fraction of sp³-hybridized carbons (Fsp3) is 0. The number of hydrogen-bond donors (Lipinski definition) is 1. The second-order valence-corrected chi connectivity index (χ2v) is 9.02. The van der Waals surface area contributed by atoms with Crippen molar-refractivity contribution in [3.8, 4) is 11.3 Å². The summed E-state index contributed by atoms with van der Waals surface area (Å²) in [6.45, 7) is 0. The quantitative estimate of drug-likeness (QED) is 0.290. The van der Waals surface area contributed by atoms with Gasteiger partial charge in [0, 0.05) is 41.7 Å². The predicted molar refractivity (Wildman–Crippen MR) is 159 cm³/mol. The lowest BCUT2D eigenvalue weighted by Gasteiger charge is -2.16. The molecule has 2 amide bonds. The van der Waals surface area contributed by atoms with E-state index in [0.29, 0.717) is 11.3 Å². The van der Waals surface area contributed by atoms with Gasteiger partial charge in [0.2, 0.25) is 11.9 Å². The third kappa shape index (κ3) is 5.07. The number of benzene rings is 2. The van der Waals surface area contributed by atoms with Crippen molar-refractivity contribution in [2.75, 3.05) is 10.6 Å². The van der Waals surface area contributed by atoms with Crippen LogP contribution in [0.15, 0.2) is 116 Å². The van der Waals surface area contributed by atoms with Crippen molar-refractivity contribution >= 4 is 52.4 Å². The van der Waals surface area contributed by atoms with Crippen molar-refractivity contribution in [3.63, 3.8) is 0 Å². The van der Waals surface area contributed by atoms with E-state index in [2.05, 4.69) is 15.0 Å². The molecule has 2 aromatic carbocycles. The van der Waals surface area contributed by atoms with Crippen LogP contribution in [0.25, 0.3) is 40.0 Å². The van der Waals surface area contributed by atoms with Gasteiger partial charge in [0.05, 0.1) is 11.2 Å². The molecule has 0 unspecified atom stereocenters. The van der Waals surface area contributed by atoms with Crippen LogP contribution in [0, 0.1) is 0 Å². The van der Waals surface area contributed by atoms with E-state index in [9.17, 15) is 9.59 Å². The van der Waals surface area contributed by atoms with E-state index >= 15 is 0 Å². The zero-order chi connectivity index (χ0) is 28.2. The van der Waals surface area contributed by atoms with Gasteiger partial charge in [-0.25, -0.2) is 24.8 Å². The molecule has 0 saturated heterocycles. The molecule has 9 nitrogen and oxygen atoms in total. The highest BCUT2D eigenvalue weighted by atomic mass is 16.2. The topological polar surface area (TPSA) is 119 Å². The van der Waals surface area contributed by atoms with Crippen LogP contribution in [0.2, 0.25) is 0 Å². The first-order valence-electron chi connectivity index (χ1n) is 12.8. The molecule has 0 spiro atoms. The van der Waals surface area contributed by atoms with E-state index < -0.39 is 11.8 Å². The molecule has 4 heterocycles. The number of amides is 2. The van der Waals surface area contributed by atoms with E-state index in [0.717, 1.165) is 32.5 Å². The maximum Gasteiger partial charge on any atom is 0.260 e. The number of nitrogens with zero attached hydrogens (tertiary/aromatic N) is 6. The molecular weight excluding hydrogens is 514 g/mol. The van der Waals surface area contributed by atoms with Crippen molar-refractivity contribution in [2.45, 2.75) is 0 Å². The molecule has 4 aromatic heterocycles. The fourth-order valence-electron chi connectivity index (χ4n) is 4.55. The summed E-state index contributed by atoms with van der Waals surface area (Å²) < 4.78 is 1.74. The first kappa shape index (κ1) is 25.3. The Hall–Kier alpha value is -5.96. The molecule has 41 heavy (non-hydrogen) atoms. The number of carbonyl (C=O) groups is 2. The van der Waals surface area contributed by atoms with Crippen molar-refractivity contribution in [2.24, 2.45) is 0 Å². The van der Waals surface area contributed by atoms with Crippen LogP contribution >= 0.6 is 0 Å². The van der Waals surface area contributed by atoms with Gasteiger partial charge in [-0.1, -0.05) is 60.7 Å². The third-order valence-corrected chi connectivity index (χ3v) is 6.41. The van der Waals surface area contributed by atoms with Crippen LogP contribution in [0.1, 0.15) is 11.1 Å². The summed E-state index contributed by atoms with van der Waals surface area (Å²) in [4.78, 5) is 45.7. The Morgan fingerprint density at radius 1 is 0.707 bits per heavy atom. The molecule has 0 aliphatic carbocycles. The monoisotopic (exact) mass is 537 g/mol. The number of hydrogen-bond acceptors (Lipinski definition) is 7. The second kappa shape index (κ2) is 11.0. The summed E-state index contributed by atoms with van der Waals surface area (Å²) in [7, 11) is 0. The van der Waals surface area contributed by atoms with Crippen molar-refractivity contribution in [1.29, 1.82) is 0 Å². The van der Waals surface area contributed by atoms with Gasteiger partial charge < -0.3 is 5.73 Å². The molecule has 6 aromatic rings. The molecular formula is C32H23N7O2. The van der Waals surface area contributed by atoms with Gasteiger partial charge in [-0.3, -0.25) is 14.0 Å². The molecule has 2 N–H and O–H groups in total. The van der Waals surface area contributed by atoms with Gasteiger partial charge in [-0.2, -0.15) is 0 Å². The average molecular weight is 538 g/mol. The minimum Gasteiger partial charge on any atom is -0.369 e. The van der Waals surface area contributed by atoms with Crippen LogP contribution in [0.4, 0.5) is 11.9 Å². The number of nitrogen functional groups attached to an aromatic ring is 1. The Morgan fingerprint density at radius 2 is 1.34 bits per heavy atom. The Bertz CT molecular complexity index is 1890. The maximum atomic E-state index is 13.5. The summed E-state index contributed by atoms with van der Waals surface area (Å²) in [6, 6.07) is 25.9. The molecule has 0 saturated carbocycles. The number of nitrogens with two attached hydrogens (primary N) is 1. The zero-order valence-electron chi connectivity index (χ0n) is 21.7. The van der Waals surface area contributed by atoms with E-state index in [1.165, 1.54) is 18.3 Å². The summed E-state index contributed by atoms with van der Waals surface area (Å²) in [6.07, 6.45) is 10.7. The lowest BCUT2D eigenvalue weighted by atomic mass is 10.1. The molecule has 0 atom stereocenters. The van der Waals surface area contributed by atoms with Crippen LogP contribution in [0.3, 0.4) is 0 Å². The zero-order valence-corrected chi connectivity index (χ0v) is 21.7. The maximum absolute atomic E-state index is 13.5. The number of pyridine rings is 1. The van der Waals surface area contributed by atoms with Crippen LogP contribution < -0.4 is 10.6 Å². The summed E-state index contributed by atoms with van der Waals surface area (Å²) >= 11 is 0. The number of fused-ring (bicyclic) bond motifs is 3. The minimum atomic E-state index is -0.588. The molecule has 0 fully saturated rings. The number of imide groups is 1. The number of carbonyl (C=O) groups excluding carboxylic acids is 2. The minimum absolute atomic E-state index is 0.0636. The Morgan fingerprint density at radius 3 is 2.00 bits per heavy atom. The highest BCUT2D eigenvalue weighted by molar-refractivity contribution is 6.22. The standard InChI is InChI=1S/C32H23N7O2/c33-31-35-21-18-26-29(24-12-7-19-34-30(24)38(26)31)25-17-20-36-32(37-25)39(27(40)15-13-22-8-3-1-4-9-22)28(41)16-14-23-10-5-2-6-11-23/h1-21H,(H2,33,35)/b15-13+,16-14+. The van der Waals surface area contributed by atoms with Gasteiger partial charge in [0.15, 0.2) is 0 Å². The summed E-state index contributed by atoms with van der Waals surface area (Å²) in [5.74, 6) is -0.965. The average Bonchev–Trinajstić information content (AvgIpc) is 3.36. The smallest absolute Gasteiger partial charge is 0.260 e. The first-order valence-corrected chi connectivity index (χ1v) is 12.8. The largest absolute Gasteiger partial charge is 0.369 e. The normalized spacial score (nSPS) is 11.5. The van der Waals surface area contributed by atoms with E-state index in [1.807, 2.05) is 78.9 Å². The number of anilines is 2. The van der Waals surface area contributed by atoms with Crippen molar-refractivity contribution < 1.29 is 9.59 Å². The van der Waals surface area contributed by atoms with Gasteiger partial charge in [-0.15, -0.1) is 0 Å². The highest BCUT2D eigenvalue weighted by Crippen LogP contribution is 2.34. The van der Waals surface area contributed by atoms with Crippen LogP contribution in [-0.2, 0) is 9.59 Å². The Kier molecular flexibility index (Phi) is 6.81. The molecule has 6 rings (SSSR count). The van der Waals surface area contributed by atoms with Gasteiger partial charge >= 0.3 is 0 Å². The molecule has 0 aliphatic heterocycles. The van der Waals surface area contributed by atoms with E-state index in [4.69, 9.17) is 10.7 Å². The summed E-state index contributed by atoms with van der Waals surface area (Å²) in [5, 5.41) is 0.786. The second-order valence-electron chi connectivity index (χ2n) is 9.02. The van der Waals surface area contributed by atoms with E-state index in [1.54, 1.807) is 35.0 Å². The molecule has 9 heteroatoms. The SMILES string of the molecule is Nc1nccc2c(-c3ccnc(N(C(=O)/C=C/c4ccccc4)C(=O)/C=C/c4ccccc4)n3)c3cccnc3n12. The van der Waals surface area contributed by atoms with Gasteiger partial charge in [0.1, 0.15) is 5.65 Å². The van der Waals surface area contributed by atoms with E-state index in [-0.39, 0.29) is 11.9 Å². The lowest BCUT2D eigenvalue weighted by Crippen LogP contribution is -2.36. The molecule has 198 valence electrons. The fourth-order valence-corrected chi connectivity index (χ4v) is 4.55. The highest BCUT2D eigenvalue weighted by Gasteiger charge is 2.24. The Balaban J connectivity index is 1.45. The predicted octanol–water partition coefficient (Wildman–Crippen LogP) is 5.21. The summed E-state index contributed by atoms with van der Waals surface area (Å²) in [5.41, 5.74) is 10.4. The van der Waals surface area contributed by atoms with Crippen molar-refractivity contribution in [1.82, 2.24) is 24.3 Å². The van der Waals surface area contributed by atoms with Crippen LogP contribution in [-0.4, -0.2) is 36.2 Å².